The van der Waals surface area contributed by atoms with Gasteiger partial charge in [-0.1, -0.05) is 0 Å². The fraction of sp³-hybridized carbons (Fsp3) is 0.421. The lowest BCUT2D eigenvalue weighted by molar-refractivity contribution is 0.0947. The summed E-state index contributed by atoms with van der Waals surface area (Å²) in [4.78, 5) is 25.2. The first kappa shape index (κ1) is 19.7. The van der Waals surface area contributed by atoms with Crippen molar-refractivity contribution in [2.45, 2.75) is 13.3 Å². The normalized spacial score (nSPS) is 10.7. The smallest absolute Gasteiger partial charge is 0.270 e. The Morgan fingerprint density at radius 1 is 1.08 bits per heavy atom. The van der Waals surface area contributed by atoms with Crippen molar-refractivity contribution in [3.05, 3.63) is 41.7 Å². The molecule has 2 N–H and O–H groups in total. The van der Waals surface area contributed by atoms with Gasteiger partial charge in [0, 0.05) is 37.7 Å². The Balaban J connectivity index is 2.03. The Labute approximate surface area is 155 Å². The van der Waals surface area contributed by atoms with Crippen molar-refractivity contribution < 1.29 is 4.79 Å². The molecule has 0 saturated heterocycles. The van der Waals surface area contributed by atoms with Crippen molar-refractivity contribution >= 4 is 23.2 Å². The number of carbonyl (C=O) groups is 1. The van der Waals surface area contributed by atoms with Crippen LogP contribution in [0.4, 0.5) is 17.3 Å². The fourth-order valence-electron chi connectivity index (χ4n) is 2.40. The number of hydrogen-bond donors (Lipinski definition) is 2. The predicted molar refractivity (Wildman–Crippen MR) is 106 cm³/mol. The molecular weight excluding hydrogens is 328 g/mol. The van der Waals surface area contributed by atoms with Crippen LogP contribution in [0, 0.1) is 6.92 Å². The third-order valence-electron chi connectivity index (χ3n) is 3.79. The number of rotatable bonds is 8. The molecule has 7 nitrogen and oxygen atoms in total. The van der Waals surface area contributed by atoms with Crippen LogP contribution in [0.5, 0.6) is 0 Å². The molecule has 26 heavy (non-hydrogen) atoms. The van der Waals surface area contributed by atoms with E-state index in [1.807, 2.05) is 64.3 Å². The Bertz CT molecular complexity index is 727. The van der Waals surface area contributed by atoms with Gasteiger partial charge in [0.2, 0.25) is 5.95 Å². The molecule has 2 rings (SSSR count). The highest BCUT2D eigenvalue weighted by atomic mass is 16.1. The molecule has 140 valence electrons. The predicted octanol–water partition coefficient (Wildman–Crippen LogP) is 2.28. The molecule has 0 unspecified atom stereocenters. The molecule has 0 aliphatic carbocycles. The van der Waals surface area contributed by atoms with Gasteiger partial charge in [0.25, 0.3) is 5.91 Å². The third-order valence-corrected chi connectivity index (χ3v) is 3.79. The molecule has 1 heterocycles. The number of anilines is 3. The summed E-state index contributed by atoms with van der Waals surface area (Å²) in [6.07, 6.45) is 0.895. The molecule has 1 aromatic heterocycles. The van der Waals surface area contributed by atoms with Crippen LogP contribution in [0.25, 0.3) is 0 Å². The minimum atomic E-state index is -0.180. The monoisotopic (exact) mass is 356 g/mol. The molecular formula is C19H28N6O. The van der Waals surface area contributed by atoms with Crippen LogP contribution in [0.3, 0.4) is 0 Å². The molecule has 0 aliphatic heterocycles. The van der Waals surface area contributed by atoms with Gasteiger partial charge in [0.15, 0.2) is 0 Å². The van der Waals surface area contributed by atoms with Crippen molar-refractivity contribution in [3.63, 3.8) is 0 Å². The molecule has 0 saturated carbocycles. The van der Waals surface area contributed by atoms with E-state index in [0.717, 1.165) is 30.0 Å². The zero-order valence-corrected chi connectivity index (χ0v) is 16.2. The third kappa shape index (κ3) is 6.00. The number of carbonyl (C=O) groups excluding carboxylic acids is 1. The van der Waals surface area contributed by atoms with Gasteiger partial charge in [-0.2, -0.15) is 0 Å². The highest BCUT2D eigenvalue weighted by Crippen LogP contribution is 2.18. The molecule has 0 atom stereocenters. The van der Waals surface area contributed by atoms with Gasteiger partial charge in [0.1, 0.15) is 5.69 Å². The van der Waals surface area contributed by atoms with E-state index in [2.05, 4.69) is 25.5 Å². The molecule has 0 radical (unpaired) electrons. The summed E-state index contributed by atoms with van der Waals surface area (Å²) in [6.45, 7) is 3.40. The van der Waals surface area contributed by atoms with Gasteiger partial charge in [-0.3, -0.25) is 4.79 Å². The van der Waals surface area contributed by atoms with Crippen LogP contribution < -0.4 is 15.5 Å². The summed E-state index contributed by atoms with van der Waals surface area (Å²) in [5.74, 6) is 0.237. The number of benzene rings is 1. The number of nitrogens with one attached hydrogen (secondary N) is 2. The number of aromatic nitrogens is 2. The lowest BCUT2D eigenvalue weighted by atomic mass is 10.2. The molecule has 0 spiro atoms. The molecule has 7 heteroatoms. The van der Waals surface area contributed by atoms with Crippen molar-refractivity contribution in [3.8, 4) is 0 Å². The fourth-order valence-corrected chi connectivity index (χ4v) is 2.40. The number of amides is 1. The lowest BCUT2D eigenvalue weighted by Crippen LogP contribution is -2.28. The first-order chi connectivity index (χ1) is 12.3. The maximum atomic E-state index is 12.3. The highest BCUT2D eigenvalue weighted by Gasteiger charge is 2.10. The summed E-state index contributed by atoms with van der Waals surface area (Å²) < 4.78 is 0. The number of nitrogens with zero attached hydrogens (tertiary/aromatic N) is 4. The Hall–Kier alpha value is -2.67. The second-order valence-electron chi connectivity index (χ2n) is 6.70. The van der Waals surface area contributed by atoms with Gasteiger partial charge < -0.3 is 20.4 Å². The average molecular weight is 356 g/mol. The molecule has 2 aromatic rings. The summed E-state index contributed by atoms with van der Waals surface area (Å²) in [6, 6.07) is 9.64. The first-order valence-corrected chi connectivity index (χ1v) is 8.68. The van der Waals surface area contributed by atoms with Crippen LogP contribution >= 0.6 is 0 Å². The second kappa shape index (κ2) is 9.15. The van der Waals surface area contributed by atoms with E-state index in [1.54, 1.807) is 6.07 Å². The van der Waals surface area contributed by atoms with Gasteiger partial charge in [-0.05, 0) is 64.3 Å². The molecule has 0 fully saturated rings. The van der Waals surface area contributed by atoms with Crippen molar-refractivity contribution in [2.75, 3.05) is 51.5 Å². The second-order valence-corrected chi connectivity index (χ2v) is 6.70. The van der Waals surface area contributed by atoms with E-state index < -0.39 is 0 Å². The van der Waals surface area contributed by atoms with E-state index in [9.17, 15) is 4.79 Å². The van der Waals surface area contributed by atoms with E-state index in [-0.39, 0.29) is 5.91 Å². The standard InChI is InChI=1S/C19H28N6O/c1-14-13-17(18(26)20-11-6-12-24(2)3)23-19(21-14)22-15-7-9-16(10-8-15)25(4)5/h7-10,13H,6,11-12H2,1-5H3,(H,20,26)(H,21,22,23). The SMILES string of the molecule is Cc1cc(C(=O)NCCCN(C)C)nc(Nc2ccc(N(C)C)cc2)n1. The Morgan fingerprint density at radius 3 is 2.38 bits per heavy atom. The van der Waals surface area contributed by atoms with Crippen molar-refractivity contribution in [2.24, 2.45) is 0 Å². The summed E-state index contributed by atoms with van der Waals surface area (Å²) in [7, 11) is 8.02. The van der Waals surface area contributed by atoms with E-state index in [1.165, 1.54) is 0 Å². The van der Waals surface area contributed by atoms with Gasteiger partial charge in [-0.15, -0.1) is 0 Å². The van der Waals surface area contributed by atoms with Crippen LogP contribution in [-0.4, -0.2) is 62.1 Å². The molecule has 0 aliphatic rings. The quantitative estimate of drug-likeness (QED) is 0.707. The lowest BCUT2D eigenvalue weighted by Gasteiger charge is -2.13. The van der Waals surface area contributed by atoms with Gasteiger partial charge >= 0.3 is 0 Å². The zero-order chi connectivity index (χ0) is 19.1. The van der Waals surface area contributed by atoms with Crippen LogP contribution in [0.15, 0.2) is 30.3 Å². The largest absolute Gasteiger partial charge is 0.378 e. The summed E-state index contributed by atoms with van der Waals surface area (Å²) in [5.41, 5.74) is 3.10. The first-order valence-electron chi connectivity index (χ1n) is 8.68. The maximum Gasteiger partial charge on any atom is 0.270 e. The number of hydrogen-bond acceptors (Lipinski definition) is 6. The topological polar surface area (TPSA) is 73.4 Å². The van der Waals surface area contributed by atoms with Gasteiger partial charge in [-0.25, -0.2) is 9.97 Å². The van der Waals surface area contributed by atoms with Crippen LogP contribution in [-0.2, 0) is 0 Å². The summed E-state index contributed by atoms with van der Waals surface area (Å²) in [5, 5.41) is 6.06. The zero-order valence-electron chi connectivity index (χ0n) is 16.2. The Kier molecular flexibility index (Phi) is 6.91. The average Bonchev–Trinajstić information content (AvgIpc) is 2.58. The number of aryl methyl sites for hydroxylation is 1. The van der Waals surface area contributed by atoms with E-state index in [0.29, 0.717) is 18.2 Å². The minimum Gasteiger partial charge on any atom is -0.378 e. The van der Waals surface area contributed by atoms with E-state index >= 15 is 0 Å². The summed E-state index contributed by atoms with van der Waals surface area (Å²) >= 11 is 0. The van der Waals surface area contributed by atoms with Gasteiger partial charge in [0.05, 0.1) is 0 Å². The van der Waals surface area contributed by atoms with Crippen LogP contribution in [0.2, 0.25) is 0 Å². The molecule has 1 aromatic carbocycles. The highest BCUT2D eigenvalue weighted by molar-refractivity contribution is 5.92. The van der Waals surface area contributed by atoms with Crippen molar-refractivity contribution in [1.29, 1.82) is 0 Å². The molecule has 1 amide bonds. The Morgan fingerprint density at radius 2 is 1.77 bits per heavy atom. The maximum absolute atomic E-state index is 12.3. The van der Waals surface area contributed by atoms with Crippen molar-refractivity contribution in [1.82, 2.24) is 20.2 Å². The van der Waals surface area contributed by atoms with Crippen LogP contribution in [0.1, 0.15) is 22.6 Å². The molecule has 0 bridgehead atoms. The van der Waals surface area contributed by atoms with E-state index in [4.69, 9.17) is 0 Å². The minimum absolute atomic E-state index is 0.180.